The lowest BCUT2D eigenvalue weighted by Gasteiger charge is -2.08. The third-order valence-electron chi connectivity index (χ3n) is 2.36. The molecule has 4 nitrogen and oxygen atoms in total. The first-order valence-corrected chi connectivity index (χ1v) is 5.56. The average molecular weight is 271 g/mol. The smallest absolute Gasteiger partial charge is 0.416 e. The topological polar surface area (TPSA) is 53.1 Å². The molecule has 2 N–H and O–H groups in total. The Labute approximate surface area is 107 Å². The first kappa shape index (κ1) is 13.4. The van der Waals surface area contributed by atoms with Gasteiger partial charge in [0.2, 0.25) is 0 Å². The zero-order valence-electron chi connectivity index (χ0n) is 9.89. The standard InChI is InChI=1S/C12H12F3N3O/c13-12(14,15)9-2-1-3-10(6-9)19-11-7-17-18(8-11)5-4-16/h1-3,6-8H,4-5,16H2. The number of nitrogens with two attached hydrogens (primary N) is 1. The van der Waals surface area contributed by atoms with Crippen LogP contribution in [0.3, 0.4) is 0 Å². The maximum Gasteiger partial charge on any atom is 0.416 e. The molecule has 0 spiro atoms. The molecule has 0 aliphatic rings. The lowest BCUT2D eigenvalue weighted by atomic mass is 10.2. The van der Waals surface area contributed by atoms with Crippen molar-refractivity contribution in [2.24, 2.45) is 5.73 Å². The molecule has 2 rings (SSSR count). The number of alkyl halides is 3. The normalized spacial score (nSPS) is 11.6. The molecule has 0 saturated heterocycles. The molecule has 0 unspecified atom stereocenters. The average Bonchev–Trinajstić information content (AvgIpc) is 2.76. The number of ether oxygens (including phenoxy) is 1. The third-order valence-corrected chi connectivity index (χ3v) is 2.36. The van der Waals surface area contributed by atoms with Crippen molar-refractivity contribution in [3.63, 3.8) is 0 Å². The van der Waals surface area contributed by atoms with Gasteiger partial charge in [0, 0.05) is 6.54 Å². The number of nitrogens with zero attached hydrogens (tertiary/aromatic N) is 2. The second-order valence-electron chi connectivity index (χ2n) is 3.86. The summed E-state index contributed by atoms with van der Waals surface area (Å²) in [6, 6.07) is 4.68. The molecule has 7 heteroatoms. The Hall–Kier alpha value is -2.02. The molecule has 1 aromatic heterocycles. The van der Waals surface area contributed by atoms with Crippen LogP contribution < -0.4 is 10.5 Å². The van der Waals surface area contributed by atoms with Crippen LogP contribution >= 0.6 is 0 Å². The largest absolute Gasteiger partial charge is 0.454 e. The van der Waals surface area contributed by atoms with E-state index in [4.69, 9.17) is 10.5 Å². The predicted molar refractivity (Wildman–Crippen MR) is 62.8 cm³/mol. The predicted octanol–water partition coefficient (Wildman–Crippen LogP) is 2.65. The van der Waals surface area contributed by atoms with Gasteiger partial charge in [-0.15, -0.1) is 0 Å². The number of aromatic nitrogens is 2. The van der Waals surface area contributed by atoms with E-state index in [1.54, 1.807) is 10.9 Å². The van der Waals surface area contributed by atoms with Gasteiger partial charge in [-0.3, -0.25) is 4.68 Å². The van der Waals surface area contributed by atoms with E-state index in [2.05, 4.69) is 5.10 Å². The van der Waals surface area contributed by atoms with E-state index in [0.717, 1.165) is 12.1 Å². The van der Waals surface area contributed by atoms with Gasteiger partial charge in [-0.1, -0.05) is 6.07 Å². The van der Waals surface area contributed by atoms with E-state index in [-0.39, 0.29) is 5.75 Å². The van der Waals surface area contributed by atoms with Gasteiger partial charge >= 0.3 is 6.18 Å². The SMILES string of the molecule is NCCn1cc(Oc2cccc(C(F)(F)F)c2)cn1. The van der Waals surface area contributed by atoms with Crippen LogP contribution in [0, 0.1) is 0 Å². The zero-order chi connectivity index (χ0) is 13.9. The van der Waals surface area contributed by atoms with Crippen molar-refractivity contribution in [2.75, 3.05) is 6.54 Å². The molecule has 0 amide bonds. The molecule has 1 heterocycles. The van der Waals surface area contributed by atoms with Crippen LogP contribution in [0.5, 0.6) is 11.5 Å². The zero-order valence-corrected chi connectivity index (χ0v) is 9.89. The number of hydrogen-bond acceptors (Lipinski definition) is 3. The molecule has 0 bridgehead atoms. The molecular weight excluding hydrogens is 259 g/mol. The van der Waals surface area contributed by atoms with Crippen molar-refractivity contribution < 1.29 is 17.9 Å². The Balaban J connectivity index is 2.14. The van der Waals surface area contributed by atoms with Crippen LogP contribution in [-0.2, 0) is 12.7 Å². The van der Waals surface area contributed by atoms with Gasteiger partial charge in [-0.05, 0) is 18.2 Å². The quantitative estimate of drug-likeness (QED) is 0.930. The van der Waals surface area contributed by atoms with Crippen molar-refractivity contribution in [1.29, 1.82) is 0 Å². The second-order valence-corrected chi connectivity index (χ2v) is 3.86. The van der Waals surface area contributed by atoms with Crippen molar-refractivity contribution >= 4 is 0 Å². The van der Waals surface area contributed by atoms with Gasteiger partial charge in [0.05, 0.1) is 24.5 Å². The van der Waals surface area contributed by atoms with E-state index in [0.29, 0.717) is 18.8 Å². The highest BCUT2D eigenvalue weighted by molar-refractivity contribution is 5.33. The molecule has 0 aliphatic heterocycles. The molecule has 0 aliphatic carbocycles. The summed E-state index contributed by atoms with van der Waals surface area (Å²) in [7, 11) is 0. The minimum Gasteiger partial charge on any atom is -0.454 e. The molecule has 19 heavy (non-hydrogen) atoms. The summed E-state index contributed by atoms with van der Waals surface area (Å²) in [4.78, 5) is 0. The summed E-state index contributed by atoms with van der Waals surface area (Å²) in [5.41, 5.74) is 4.61. The van der Waals surface area contributed by atoms with Crippen molar-refractivity contribution in [3.8, 4) is 11.5 Å². The van der Waals surface area contributed by atoms with Gasteiger partial charge in [0.25, 0.3) is 0 Å². The molecular formula is C12H12F3N3O. The summed E-state index contributed by atoms with van der Waals surface area (Å²) >= 11 is 0. The molecule has 1 aromatic carbocycles. The lowest BCUT2D eigenvalue weighted by Crippen LogP contribution is -2.09. The number of hydrogen-bond donors (Lipinski definition) is 1. The van der Waals surface area contributed by atoms with Crippen LogP contribution in [0.2, 0.25) is 0 Å². The fourth-order valence-corrected chi connectivity index (χ4v) is 1.52. The Bertz CT molecular complexity index is 551. The van der Waals surface area contributed by atoms with Crippen molar-refractivity contribution in [3.05, 3.63) is 42.2 Å². The number of rotatable bonds is 4. The van der Waals surface area contributed by atoms with Gasteiger partial charge in [0.15, 0.2) is 5.75 Å². The second kappa shape index (κ2) is 5.31. The van der Waals surface area contributed by atoms with Crippen LogP contribution in [0.1, 0.15) is 5.56 Å². The van der Waals surface area contributed by atoms with E-state index in [1.807, 2.05) is 0 Å². The number of halogens is 3. The Kier molecular flexibility index (Phi) is 3.75. The summed E-state index contributed by atoms with van der Waals surface area (Å²) in [6.07, 6.45) is -1.38. The first-order valence-electron chi connectivity index (χ1n) is 5.56. The maximum absolute atomic E-state index is 12.5. The summed E-state index contributed by atoms with van der Waals surface area (Å²) < 4.78 is 44.5. The van der Waals surface area contributed by atoms with Crippen LogP contribution in [0.4, 0.5) is 13.2 Å². The van der Waals surface area contributed by atoms with Crippen molar-refractivity contribution in [1.82, 2.24) is 9.78 Å². The van der Waals surface area contributed by atoms with Crippen LogP contribution in [0.15, 0.2) is 36.7 Å². The van der Waals surface area contributed by atoms with E-state index < -0.39 is 11.7 Å². The number of benzene rings is 1. The van der Waals surface area contributed by atoms with Crippen LogP contribution in [-0.4, -0.2) is 16.3 Å². The fourth-order valence-electron chi connectivity index (χ4n) is 1.52. The molecule has 0 radical (unpaired) electrons. The molecule has 0 atom stereocenters. The first-order chi connectivity index (χ1) is 8.99. The van der Waals surface area contributed by atoms with Gasteiger partial charge in [-0.25, -0.2) is 0 Å². The Morgan fingerprint density at radius 2 is 2.05 bits per heavy atom. The van der Waals surface area contributed by atoms with E-state index >= 15 is 0 Å². The van der Waals surface area contributed by atoms with Gasteiger partial charge < -0.3 is 10.5 Å². The highest BCUT2D eigenvalue weighted by atomic mass is 19.4. The molecule has 0 fully saturated rings. The summed E-state index contributed by atoms with van der Waals surface area (Å²) in [5.74, 6) is 0.481. The van der Waals surface area contributed by atoms with Crippen molar-refractivity contribution in [2.45, 2.75) is 12.7 Å². The molecule has 102 valence electrons. The lowest BCUT2D eigenvalue weighted by molar-refractivity contribution is -0.137. The van der Waals surface area contributed by atoms with E-state index in [9.17, 15) is 13.2 Å². The Morgan fingerprint density at radius 3 is 2.74 bits per heavy atom. The fraction of sp³-hybridized carbons (Fsp3) is 0.250. The van der Waals surface area contributed by atoms with Gasteiger partial charge in [-0.2, -0.15) is 18.3 Å². The summed E-state index contributed by atoms with van der Waals surface area (Å²) in [6.45, 7) is 0.941. The molecule has 0 saturated carbocycles. The Morgan fingerprint density at radius 1 is 1.26 bits per heavy atom. The minimum atomic E-state index is -4.39. The summed E-state index contributed by atoms with van der Waals surface area (Å²) in [5, 5.41) is 3.96. The van der Waals surface area contributed by atoms with Gasteiger partial charge in [0.1, 0.15) is 5.75 Å². The molecule has 2 aromatic rings. The maximum atomic E-state index is 12.5. The third kappa shape index (κ3) is 3.47. The van der Waals surface area contributed by atoms with Crippen LogP contribution in [0.25, 0.3) is 0 Å². The monoisotopic (exact) mass is 271 g/mol. The highest BCUT2D eigenvalue weighted by Crippen LogP contribution is 2.32. The minimum absolute atomic E-state index is 0.113. The van der Waals surface area contributed by atoms with E-state index in [1.165, 1.54) is 18.3 Å². The highest BCUT2D eigenvalue weighted by Gasteiger charge is 2.30.